The van der Waals surface area contributed by atoms with Gasteiger partial charge in [-0.15, -0.1) is 0 Å². The van der Waals surface area contributed by atoms with Crippen LogP contribution in [0.4, 0.5) is 5.95 Å². The minimum atomic E-state index is -0.875. The van der Waals surface area contributed by atoms with E-state index in [2.05, 4.69) is 15.0 Å². The van der Waals surface area contributed by atoms with E-state index in [1.807, 2.05) is 31.2 Å². The zero-order chi connectivity index (χ0) is 23.7. The molecule has 170 valence electrons. The number of benzene rings is 2. The van der Waals surface area contributed by atoms with Gasteiger partial charge in [0.05, 0.1) is 29.3 Å². The van der Waals surface area contributed by atoms with Gasteiger partial charge in [0, 0.05) is 18.0 Å². The Kier molecular flexibility index (Phi) is 5.55. The van der Waals surface area contributed by atoms with Crippen LogP contribution in [0.5, 0.6) is 5.75 Å². The van der Waals surface area contributed by atoms with Crippen molar-refractivity contribution in [3.63, 3.8) is 0 Å². The van der Waals surface area contributed by atoms with Crippen LogP contribution in [-0.2, 0) is 9.59 Å². The molecule has 0 spiro atoms. The van der Waals surface area contributed by atoms with Crippen LogP contribution >= 0.6 is 0 Å². The summed E-state index contributed by atoms with van der Waals surface area (Å²) in [5, 5.41) is 11.2. The number of rotatable bonds is 6. The van der Waals surface area contributed by atoms with Gasteiger partial charge < -0.3 is 14.8 Å². The minimum Gasteiger partial charge on any atom is -0.507 e. The van der Waals surface area contributed by atoms with Crippen molar-refractivity contribution in [1.82, 2.24) is 15.0 Å². The lowest BCUT2D eigenvalue weighted by Gasteiger charge is -2.22. The lowest BCUT2D eigenvalue weighted by atomic mass is 9.96. The number of para-hydroxylation sites is 2. The molecule has 1 saturated heterocycles. The van der Waals surface area contributed by atoms with E-state index in [0.29, 0.717) is 29.0 Å². The number of H-pyrrole nitrogens is 1. The lowest BCUT2D eigenvalue weighted by Crippen LogP contribution is -2.30. The van der Waals surface area contributed by atoms with E-state index in [0.717, 1.165) is 11.9 Å². The van der Waals surface area contributed by atoms with Gasteiger partial charge in [0.2, 0.25) is 5.95 Å². The molecule has 1 aliphatic heterocycles. The molecule has 1 atom stereocenters. The normalized spacial score (nSPS) is 17.4. The third-order valence-electron chi connectivity index (χ3n) is 5.67. The van der Waals surface area contributed by atoms with Crippen molar-refractivity contribution in [3.8, 4) is 5.75 Å². The quantitative estimate of drug-likeness (QED) is 0.254. The van der Waals surface area contributed by atoms with Crippen LogP contribution in [0.1, 0.15) is 30.5 Å². The molecule has 1 fully saturated rings. The van der Waals surface area contributed by atoms with Gasteiger partial charge in [-0.1, -0.05) is 19.1 Å². The topological polar surface area (TPSA) is 108 Å². The number of aliphatic hydroxyl groups is 1. The average molecular weight is 454 g/mol. The predicted molar refractivity (Wildman–Crippen MR) is 127 cm³/mol. The predicted octanol–water partition coefficient (Wildman–Crippen LogP) is 4.37. The average Bonchev–Trinajstić information content (AvgIpc) is 3.41. The number of carbonyl (C=O) groups is 2. The molecule has 0 aliphatic carbocycles. The van der Waals surface area contributed by atoms with Crippen LogP contribution in [0.2, 0.25) is 0 Å². The Morgan fingerprint density at radius 1 is 1.06 bits per heavy atom. The van der Waals surface area contributed by atoms with E-state index < -0.39 is 17.7 Å². The van der Waals surface area contributed by atoms with Gasteiger partial charge in [-0.3, -0.25) is 19.5 Å². The number of fused-ring (bicyclic) bond motifs is 1. The first kappa shape index (κ1) is 21.4. The molecule has 1 amide bonds. The zero-order valence-corrected chi connectivity index (χ0v) is 18.4. The van der Waals surface area contributed by atoms with Gasteiger partial charge in [0.1, 0.15) is 11.5 Å². The highest BCUT2D eigenvalue weighted by Crippen LogP contribution is 2.41. The van der Waals surface area contributed by atoms with Crippen LogP contribution in [0, 0.1) is 0 Å². The molecule has 3 heterocycles. The summed E-state index contributed by atoms with van der Waals surface area (Å²) in [6, 6.07) is 16.7. The molecular weight excluding hydrogens is 432 g/mol. The maximum absolute atomic E-state index is 13.2. The Bertz CT molecular complexity index is 1360. The molecule has 2 aromatic heterocycles. The molecule has 2 N–H and O–H groups in total. The maximum Gasteiger partial charge on any atom is 0.302 e. The number of carbonyl (C=O) groups excluding carboxylic acids is 2. The summed E-state index contributed by atoms with van der Waals surface area (Å²) in [7, 11) is 0. The zero-order valence-electron chi connectivity index (χ0n) is 18.4. The van der Waals surface area contributed by atoms with Gasteiger partial charge in [-0.25, -0.2) is 4.98 Å². The van der Waals surface area contributed by atoms with Gasteiger partial charge in [0.25, 0.3) is 5.78 Å². The van der Waals surface area contributed by atoms with E-state index in [1.54, 1.807) is 48.8 Å². The van der Waals surface area contributed by atoms with Crippen LogP contribution in [0.15, 0.2) is 78.6 Å². The fraction of sp³-hybridized carbons (Fsp3) is 0.154. The first-order valence-corrected chi connectivity index (χ1v) is 11.0. The van der Waals surface area contributed by atoms with E-state index in [9.17, 15) is 14.7 Å². The molecule has 1 unspecified atom stereocenters. The maximum atomic E-state index is 13.2. The van der Waals surface area contributed by atoms with Crippen molar-refractivity contribution >= 4 is 34.4 Å². The van der Waals surface area contributed by atoms with E-state index in [4.69, 9.17) is 4.74 Å². The number of ether oxygens (including phenoxy) is 1. The molecule has 0 radical (unpaired) electrons. The second-order valence-electron chi connectivity index (χ2n) is 7.90. The number of hydrogen-bond donors (Lipinski definition) is 2. The van der Waals surface area contributed by atoms with Gasteiger partial charge in [-0.05, 0) is 60.5 Å². The Morgan fingerprint density at radius 2 is 1.79 bits per heavy atom. The summed E-state index contributed by atoms with van der Waals surface area (Å²) in [5.41, 5.74) is 2.41. The third-order valence-corrected chi connectivity index (χ3v) is 5.67. The number of Topliss-reactive ketones (excluding diaryl/α,β-unsaturated/α-hetero) is 1. The van der Waals surface area contributed by atoms with E-state index >= 15 is 0 Å². The van der Waals surface area contributed by atoms with Crippen LogP contribution in [0.3, 0.4) is 0 Å². The van der Waals surface area contributed by atoms with Crippen molar-refractivity contribution in [1.29, 1.82) is 0 Å². The smallest absolute Gasteiger partial charge is 0.302 e. The number of aromatic amines is 1. The molecule has 4 aromatic rings. The van der Waals surface area contributed by atoms with E-state index in [1.165, 1.54) is 4.90 Å². The summed E-state index contributed by atoms with van der Waals surface area (Å²) >= 11 is 0. The summed E-state index contributed by atoms with van der Waals surface area (Å²) < 4.78 is 5.60. The summed E-state index contributed by atoms with van der Waals surface area (Å²) in [5.74, 6) is -0.934. The summed E-state index contributed by atoms with van der Waals surface area (Å²) in [6.07, 6.45) is 4.03. The lowest BCUT2D eigenvalue weighted by molar-refractivity contribution is -0.132. The summed E-state index contributed by atoms with van der Waals surface area (Å²) in [6.45, 7) is 2.59. The Labute approximate surface area is 195 Å². The fourth-order valence-corrected chi connectivity index (χ4v) is 4.05. The first-order valence-electron chi connectivity index (χ1n) is 11.0. The summed E-state index contributed by atoms with van der Waals surface area (Å²) in [4.78, 5) is 39.4. The Balaban J connectivity index is 1.63. The highest BCUT2D eigenvalue weighted by molar-refractivity contribution is 6.51. The van der Waals surface area contributed by atoms with Crippen LogP contribution in [-0.4, -0.2) is 38.4 Å². The van der Waals surface area contributed by atoms with Crippen LogP contribution in [0.25, 0.3) is 16.8 Å². The minimum absolute atomic E-state index is 0.0149. The number of anilines is 1. The third kappa shape index (κ3) is 3.69. The van der Waals surface area contributed by atoms with Crippen LogP contribution < -0.4 is 9.64 Å². The fourth-order valence-electron chi connectivity index (χ4n) is 4.05. The molecule has 34 heavy (non-hydrogen) atoms. The molecule has 1 aliphatic rings. The Hall–Kier alpha value is -4.46. The number of hydrogen-bond acceptors (Lipinski definition) is 6. The molecular formula is C26H22N4O4. The standard InChI is InChI=1S/C26H22N4O4/c1-2-15-34-18-9-7-17(8-10-18)23(31)21-22(16-11-13-27-14-12-16)30(25(33)24(21)32)26-28-19-5-3-4-6-20(19)29-26/h3-14,22,31H,2,15H2,1H3,(H,28,29)/b23-21+. The number of aliphatic hydroxyl groups excluding tert-OH is 1. The number of imidazole rings is 1. The van der Waals surface area contributed by atoms with Gasteiger partial charge in [0.15, 0.2) is 0 Å². The second-order valence-corrected chi connectivity index (χ2v) is 7.90. The SMILES string of the molecule is CCCOc1ccc(/C(O)=C2\C(=O)C(=O)N(c3nc4ccccc4[nH]3)C2c2ccncc2)cc1. The van der Waals surface area contributed by atoms with Crippen molar-refractivity contribution < 1.29 is 19.4 Å². The number of aromatic nitrogens is 3. The van der Waals surface area contributed by atoms with Crippen molar-refractivity contribution in [3.05, 3.63) is 89.8 Å². The first-order chi connectivity index (χ1) is 16.6. The highest BCUT2D eigenvalue weighted by atomic mass is 16.5. The monoisotopic (exact) mass is 454 g/mol. The molecule has 2 aromatic carbocycles. The van der Waals surface area contributed by atoms with Gasteiger partial charge >= 0.3 is 5.91 Å². The van der Waals surface area contributed by atoms with Crippen molar-refractivity contribution in [2.45, 2.75) is 19.4 Å². The highest BCUT2D eigenvalue weighted by Gasteiger charge is 2.48. The molecule has 8 nitrogen and oxygen atoms in total. The van der Waals surface area contributed by atoms with Crippen molar-refractivity contribution in [2.24, 2.45) is 0 Å². The Morgan fingerprint density at radius 3 is 2.50 bits per heavy atom. The molecule has 8 heteroatoms. The largest absolute Gasteiger partial charge is 0.507 e. The second kappa shape index (κ2) is 8.82. The molecule has 0 saturated carbocycles. The number of nitrogens with zero attached hydrogens (tertiary/aromatic N) is 3. The number of amides is 1. The number of nitrogens with one attached hydrogen (secondary N) is 1. The molecule has 5 rings (SSSR count). The molecule has 0 bridgehead atoms. The van der Waals surface area contributed by atoms with Gasteiger partial charge in [-0.2, -0.15) is 0 Å². The number of pyridine rings is 1. The van der Waals surface area contributed by atoms with Crippen molar-refractivity contribution in [2.75, 3.05) is 11.5 Å². The number of ketones is 1. The van der Waals surface area contributed by atoms with E-state index in [-0.39, 0.29) is 17.3 Å².